The lowest BCUT2D eigenvalue weighted by Crippen LogP contribution is -2.48. The Morgan fingerprint density at radius 3 is 2.44 bits per heavy atom. The van der Waals surface area contributed by atoms with Crippen LogP contribution >= 0.6 is 11.3 Å². The summed E-state index contributed by atoms with van der Waals surface area (Å²) < 4.78 is 26.3. The maximum absolute atomic E-state index is 12.6. The molecule has 1 aliphatic rings. The van der Waals surface area contributed by atoms with Gasteiger partial charge < -0.3 is 9.80 Å². The largest absolute Gasteiger partial charge is 0.345 e. The highest BCUT2D eigenvalue weighted by atomic mass is 32.2. The molecule has 2 aromatic rings. The first kappa shape index (κ1) is 17.8. The number of carbonyl (C=O) groups excluding carboxylic acids is 1. The van der Waals surface area contributed by atoms with Gasteiger partial charge in [-0.15, -0.1) is 11.3 Å². The van der Waals surface area contributed by atoms with Crippen LogP contribution in [0.3, 0.4) is 0 Å². The molecule has 25 heavy (non-hydrogen) atoms. The van der Waals surface area contributed by atoms with E-state index in [1.54, 1.807) is 41.5 Å². The second-order valence-corrected chi connectivity index (χ2v) is 8.26. The Balaban J connectivity index is 1.64. The molecular weight excluding hydrogens is 360 g/mol. The zero-order valence-electron chi connectivity index (χ0n) is 13.9. The van der Waals surface area contributed by atoms with E-state index in [0.717, 1.165) is 18.2 Å². The van der Waals surface area contributed by atoms with E-state index in [-0.39, 0.29) is 10.8 Å². The number of nitrogens with one attached hydrogen (secondary N) is 1. The van der Waals surface area contributed by atoms with Gasteiger partial charge in [0.25, 0.3) is 5.91 Å². The summed E-state index contributed by atoms with van der Waals surface area (Å²) in [6, 6.07) is 6.08. The minimum Gasteiger partial charge on any atom is -0.345 e. The Morgan fingerprint density at radius 1 is 1.20 bits per heavy atom. The number of aromatic nitrogens is 1. The molecule has 1 saturated heterocycles. The van der Waals surface area contributed by atoms with Crippen LogP contribution in [0.4, 0.5) is 5.13 Å². The molecule has 1 aliphatic heterocycles. The normalized spacial score (nSPS) is 15.4. The SMILES string of the molecule is CCNS(=O)(=O)c1ccc(C(=O)N2CCN(c3nccs3)CC2)cc1. The van der Waals surface area contributed by atoms with Gasteiger partial charge in [-0.3, -0.25) is 4.79 Å². The molecule has 0 atom stereocenters. The van der Waals surface area contributed by atoms with Gasteiger partial charge in [-0.25, -0.2) is 18.1 Å². The van der Waals surface area contributed by atoms with Crippen LogP contribution < -0.4 is 9.62 Å². The van der Waals surface area contributed by atoms with Gasteiger partial charge >= 0.3 is 0 Å². The molecule has 134 valence electrons. The van der Waals surface area contributed by atoms with Crippen LogP contribution in [0, 0.1) is 0 Å². The fourth-order valence-electron chi connectivity index (χ4n) is 2.71. The molecule has 2 heterocycles. The number of thiazole rings is 1. The minimum absolute atomic E-state index is 0.0776. The van der Waals surface area contributed by atoms with Crippen molar-refractivity contribution >= 4 is 32.4 Å². The fraction of sp³-hybridized carbons (Fsp3) is 0.375. The Morgan fingerprint density at radius 2 is 1.88 bits per heavy atom. The quantitative estimate of drug-likeness (QED) is 0.848. The molecule has 0 aliphatic carbocycles. The third-order valence-corrected chi connectivity index (χ3v) is 6.40. The lowest BCUT2D eigenvalue weighted by Gasteiger charge is -2.34. The Kier molecular flexibility index (Phi) is 5.36. The first-order valence-corrected chi connectivity index (χ1v) is 10.4. The molecule has 1 amide bonds. The molecule has 9 heteroatoms. The summed E-state index contributed by atoms with van der Waals surface area (Å²) in [5.41, 5.74) is 0.498. The molecule has 3 rings (SSSR count). The highest BCUT2D eigenvalue weighted by Crippen LogP contribution is 2.20. The Labute approximate surface area is 151 Å². The maximum Gasteiger partial charge on any atom is 0.253 e. The molecule has 0 unspecified atom stereocenters. The van der Waals surface area contributed by atoms with Crippen molar-refractivity contribution < 1.29 is 13.2 Å². The number of carbonyl (C=O) groups is 1. The van der Waals surface area contributed by atoms with E-state index in [9.17, 15) is 13.2 Å². The standard InChI is InChI=1S/C16H20N4O3S2/c1-2-18-25(22,23)14-5-3-13(4-6-14)15(21)19-8-10-20(11-9-19)16-17-7-12-24-16/h3-7,12,18H,2,8-11H2,1H3. The Bertz CT molecular complexity index is 812. The van der Waals surface area contributed by atoms with Crippen molar-refractivity contribution in [3.63, 3.8) is 0 Å². The first-order chi connectivity index (χ1) is 12.0. The number of nitrogens with zero attached hydrogens (tertiary/aromatic N) is 3. The molecule has 7 nitrogen and oxygen atoms in total. The second-order valence-electron chi connectivity index (χ2n) is 5.62. The van der Waals surface area contributed by atoms with Gasteiger partial charge in [-0.05, 0) is 24.3 Å². The van der Waals surface area contributed by atoms with E-state index in [1.165, 1.54) is 12.1 Å². The molecule has 0 radical (unpaired) electrons. The third-order valence-electron chi connectivity index (χ3n) is 4.00. The summed E-state index contributed by atoms with van der Waals surface area (Å²) in [6.07, 6.45) is 1.78. The predicted octanol–water partition coefficient (Wildman–Crippen LogP) is 1.40. The van der Waals surface area contributed by atoms with Crippen LogP contribution in [-0.2, 0) is 10.0 Å². The van der Waals surface area contributed by atoms with Crippen molar-refractivity contribution in [2.75, 3.05) is 37.6 Å². The smallest absolute Gasteiger partial charge is 0.253 e. The summed E-state index contributed by atoms with van der Waals surface area (Å²) >= 11 is 1.59. The summed E-state index contributed by atoms with van der Waals surface area (Å²) in [5.74, 6) is -0.0776. The number of anilines is 1. The molecule has 1 aromatic heterocycles. The molecule has 1 aromatic carbocycles. The number of amides is 1. The lowest BCUT2D eigenvalue weighted by atomic mass is 10.2. The average Bonchev–Trinajstić information content (AvgIpc) is 3.16. The van der Waals surface area contributed by atoms with Crippen LogP contribution in [0.25, 0.3) is 0 Å². The number of sulfonamides is 1. The van der Waals surface area contributed by atoms with Gasteiger partial charge in [-0.1, -0.05) is 6.92 Å². The lowest BCUT2D eigenvalue weighted by molar-refractivity contribution is 0.0746. The topological polar surface area (TPSA) is 82.6 Å². The number of rotatable bonds is 5. The summed E-state index contributed by atoms with van der Waals surface area (Å²) in [6.45, 7) is 4.77. The molecule has 1 N–H and O–H groups in total. The molecule has 1 fully saturated rings. The molecular formula is C16H20N4O3S2. The summed E-state index contributed by atoms with van der Waals surface area (Å²) in [4.78, 5) is 21.0. The van der Waals surface area contributed by atoms with Crippen molar-refractivity contribution in [2.45, 2.75) is 11.8 Å². The van der Waals surface area contributed by atoms with Crippen LogP contribution in [0.15, 0.2) is 40.7 Å². The Hall–Kier alpha value is -1.97. The second kappa shape index (κ2) is 7.51. The monoisotopic (exact) mass is 380 g/mol. The number of hydrogen-bond acceptors (Lipinski definition) is 6. The van der Waals surface area contributed by atoms with E-state index >= 15 is 0 Å². The van der Waals surface area contributed by atoms with Gasteiger partial charge in [0.1, 0.15) is 0 Å². The predicted molar refractivity (Wildman–Crippen MR) is 97.5 cm³/mol. The van der Waals surface area contributed by atoms with E-state index in [1.807, 2.05) is 5.38 Å². The molecule has 0 bridgehead atoms. The highest BCUT2D eigenvalue weighted by molar-refractivity contribution is 7.89. The summed E-state index contributed by atoms with van der Waals surface area (Å²) in [7, 11) is -3.50. The van der Waals surface area contributed by atoms with Crippen molar-refractivity contribution in [1.82, 2.24) is 14.6 Å². The summed E-state index contributed by atoms with van der Waals surface area (Å²) in [5, 5.41) is 2.92. The zero-order valence-corrected chi connectivity index (χ0v) is 15.5. The van der Waals surface area contributed by atoms with Gasteiger partial charge in [0.2, 0.25) is 10.0 Å². The van der Waals surface area contributed by atoms with Crippen molar-refractivity contribution in [2.24, 2.45) is 0 Å². The van der Waals surface area contributed by atoms with E-state index in [0.29, 0.717) is 25.2 Å². The minimum atomic E-state index is -3.50. The van der Waals surface area contributed by atoms with Gasteiger partial charge in [0, 0.05) is 49.9 Å². The third kappa shape index (κ3) is 4.00. The van der Waals surface area contributed by atoms with Crippen molar-refractivity contribution in [3.8, 4) is 0 Å². The van der Waals surface area contributed by atoms with Crippen LogP contribution in [0.2, 0.25) is 0 Å². The van der Waals surface area contributed by atoms with Gasteiger partial charge in [-0.2, -0.15) is 0 Å². The van der Waals surface area contributed by atoms with E-state index in [2.05, 4.69) is 14.6 Å². The van der Waals surface area contributed by atoms with Gasteiger partial charge in [0.15, 0.2) is 5.13 Å². The average molecular weight is 380 g/mol. The van der Waals surface area contributed by atoms with Gasteiger partial charge in [0.05, 0.1) is 4.90 Å². The zero-order chi connectivity index (χ0) is 17.9. The van der Waals surface area contributed by atoms with Crippen molar-refractivity contribution in [1.29, 1.82) is 0 Å². The fourth-order valence-corrected chi connectivity index (χ4v) is 4.44. The number of hydrogen-bond donors (Lipinski definition) is 1. The first-order valence-electron chi connectivity index (χ1n) is 8.04. The number of benzene rings is 1. The molecule has 0 saturated carbocycles. The number of piperazine rings is 1. The van der Waals surface area contributed by atoms with Crippen LogP contribution in [0.5, 0.6) is 0 Å². The van der Waals surface area contributed by atoms with Crippen LogP contribution in [0.1, 0.15) is 17.3 Å². The van der Waals surface area contributed by atoms with Crippen molar-refractivity contribution in [3.05, 3.63) is 41.4 Å². The maximum atomic E-state index is 12.6. The molecule has 0 spiro atoms. The van der Waals surface area contributed by atoms with E-state index in [4.69, 9.17) is 0 Å². The van der Waals surface area contributed by atoms with E-state index < -0.39 is 10.0 Å². The van der Waals surface area contributed by atoms with Crippen LogP contribution in [-0.4, -0.2) is 56.9 Å². The highest BCUT2D eigenvalue weighted by Gasteiger charge is 2.23.